The van der Waals surface area contributed by atoms with Gasteiger partial charge in [0.1, 0.15) is 0 Å². The highest BCUT2D eigenvalue weighted by Gasteiger charge is 2.41. The number of likely N-dealkylation sites (N-methyl/N-ethyl adjacent to an activating group) is 1. The van der Waals surface area contributed by atoms with Crippen molar-refractivity contribution in [1.82, 2.24) is 15.5 Å². The Bertz CT molecular complexity index is 508. The molecule has 0 saturated carbocycles. The first-order chi connectivity index (χ1) is 10.7. The SMILES string of the molecule is CN=C(NCC(c1ccsc1)N(C)C)NC1CC2CCC1O2.I. The van der Waals surface area contributed by atoms with Gasteiger partial charge in [-0.2, -0.15) is 11.3 Å². The van der Waals surface area contributed by atoms with Gasteiger partial charge in [0.15, 0.2) is 5.96 Å². The number of hydrogen-bond donors (Lipinski definition) is 2. The summed E-state index contributed by atoms with van der Waals surface area (Å²) in [5.41, 5.74) is 1.35. The zero-order valence-corrected chi connectivity index (χ0v) is 17.1. The number of rotatable bonds is 5. The van der Waals surface area contributed by atoms with Gasteiger partial charge in [0, 0.05) is 13.6 Å². The maximum atomic E-state index is 5.90. The minimum atomic E-state index is 0. The predicted molar refractivity (Wildman–Crippen MR) is 107 cm³/mol. The van der Waals surface area contributed by atoms with E-state index in [0.29, 0.717) is 24.3 Å². The summed E-state index contributed by atoms with van der Waals surface area (Å²) in [7, 11) is 6.06. The molecule has 2 bridgehead atoms. The molecule has 3 rings (SSSR count). The van der Waals surface area contributed by atoms with Crippen molar-refractivity contribution in [2.75, 3.05) is 27.7 Å². The number of nitrogens with zero attached hydrogens (tertiary/aromatic N) is 2. The van der Waals surface area contributed by atoms with E-state index in [1.807, 2.05) is 7.05 Å². The van der Waals surface area contributed by atoms with Gasteiger partial charge < -0.3 is 20.3 Å². The number of guanidine groups is 1. The van der Waals surface area contributed by atoms with Gasteiger partial charge in [-0.1, -0.05) is 0 Å². The molecule has 4 atom stereocenters. The van der Waals surface area contributed by atoms with Gasteiger partial charge >= 0.3 is 0 Å². The third-order valence-corrected chi connectivity index (χ3v) is 5.37. The largest absolute Gasteiger partial charge is 0.373 e. The first kappa shape index (κ1) is 19.0. The molecular weight excluding hydrogens is 423 g/mol. The second-order valence-corrected chi connectivity index (χ2v) is 7.13. The molecule has 3 heterocycles. The Labute approximate surface area is 159 Å². The molecule has 1 aromatic heterocycles. The Balaban J connectivity index is 0.00000192. The second-order valence-electron chi connectivity index (χ2n) is 6.35. The highest BCUT2D eigenvalue weighted by molar-refractivity contribution is 14.0. The molecule has 0 spiro atoms. The minimum Gasteiger partial charge on any atom is -0.373 e. The van der Waals surface area contributed by atoms with Gasteiger partial charge in [-0.15, -0.1) is 24.0 Å². The van der Waals surface area contributed by atoms with E-state index in [9.17, 15) is 0 Å². The number of halogens is 1. The standard InChI is InChI=1S/C16H26N4OS.HI/c1-17-16(19-13-8-12-4-5-15(13)21-12)18-9-14(20(2)3)11-6-7-22-10-11;/h6-7,10,12-15H,4-5,8-9H2,1-3H3,(H2,17,18,19);1H. The van der Waals surface area contributed by atoms with Crippen LogP contribution in [0.4, 0.5) is 0 Å². The van der Waals surface area contributed by atoms with Crippen LogP contribution in [0.2, 0.25) is 0 Å². The quantitative estimate of drug-likeness (QED) is 0.411. The highest BCUT2D eigenvalue weighted by atomic mass is 127. The number of nitrogens with one attached hydrogen (secondary N) is 2. The van der Waals surface area contributed by atoms with Crippen LogP contribution in [0, 0.1) is 0 Å². The number of aliphatic imine (C=N–C) groups is 1. The lowest BCUT2D eigenvalue weighted by molar-refractivity contribution is 0.0992. The first-order valence-corrected chi connectivity index (χ1v) is 8.93. The molecule has 130 valence electrons. The molecule has 2 aliphatic heterocycles. The van der Waals surface area contributed by atoms with Crippen LogP contribution in [0.25, 0.3) is 0 Å². The number of fused-ring (bicyclic) bond motifs is 2. The van der Waals surface area contributed by atoms with Gasteiger partial charge in [0.2, 0.25) is 0 Å². The summed E-state index contributed by atoms with van der Waals surface area (Å²) in [6.45, 7) is 0.838. The topological polar surface area (TPSA) is 48.9 Å². The van der Waals surface area contributed by atoms with E-state index in [-0.39, 0.29) is 24.0 Å². The molecule has 2 saturated heterocycles. The Hall–Kier alpha value is -0.380. The van der Waals surface area contributed by atoms with Crippen LogP contribution < -0.4 is 10.6 Å². The van der Waals surface area contributed by atoms with E-state index in [1.54, 1.807) is 11.3 Å². The fraction of sp³-hybridized carbons (Fsp3) is 0.688. The molecule has 2 fully saturated rings. The van der Waals surface area contributed by atoms with E-state index in [2.05, 4.69) is 51.4 Å². The van der Waals surface area contributed by atoms with Gasteiger partial charge in [-0.25, -0.2) is 0 Å². The van der Waals surface area contributed by atoms with Crippen molar-refractivity contribution in [3.05, 3.63) is 22.4 Å². The molecule has 0 amide bonds. The summed E-state index contributed by atoms with van der Waals surface area (Å²) < 4.78 is 5.90. The molecule has 5 nitrogen and oxygen atoms in total. The smallest absolute Gasteiger partial charge is 0.191 e. The number of hydrogen-bond acceptors (Lipinski definition) is 4. The Morgan fingerprint density at radius 1 is 1.48 bits per heavy atom. The normalized spacial score (nSPS) is 27.8. The molecule has 4 unspecified atom stereocenters. The third-order valence-electron chi connectivity index (χ3n) is 4.67. The van der Waals surface area contributed by atoms with Crippen molar-refractivity contribution in [1.29, 1.82) is 0 Å². The average Bonchev–Trinajstić information content (AvgIpc) is 3.23. The number of ether oxygens (including phenoxy) is 1. The van der Waals surface area contributed by atoms with Gasteiger partial charge in [0.25, 0.3) is 0 Å². The van der Waals surface area contributed by atoms with Crippen LogP contribution in [0.1, 0.15) is 30.9 Å². The van der Waals surface area contributed by atoms with Crippen LogP contribution in [0.15, 0.2) is 21.8 Å². The van der Waals surface area contributed by atoms with Crippen molar-refractivity contribution in [3.8, 4) is 0 Å². The zero-order chi connectivity index (χ0) is 15.5. The molecule has 0 aliphatic carbocycles. The summed E-state index contributed by atoms with van der Waals surface area (Å²) in [6.07, 6.45) is 4.32. The van der Waals surface area contributed by atoms with E-state index >= 15 is 0 Å². The molecule has 0 aromatic carbocycles. The van der Waals surface area contributed by atoms with E-state index in [4.69, 9.17) is 4.74 Å². The fourth-order valence-corrected chi connectivity index (χ4v) is 4.12. The summed E-state index contributed by atoms with van der Waals surface area (Å²) in [6, 6.07) is 2.95. The first-order valence-electron chi connectivity index (χ1n) is 7.98. The van der Waals surface area contributed by atoms with Crippen LogP contribution in [-0.2, 0) is 4.74 Å². The van der Waals surface area contributed by atoms with Gasteiger partial charge in [-0.3, -0.25) is 4.99 Å². The maximum absolute atomic E-state index is 5.90. The Kier molecular flexibility index (Phi) is 7.12. The number of thiophene rings is 1. The molecule has 2 aliphatic rings. The molecule has 23 heavy (non-hydrogen) atoms. The fourth-order valence-electron chi connectivity index (χ4n) is 3.42. The van der Waals surface area contributed by atoms with Crippen LogP contribution in [0.3, 0.4) is 0 Å². The zero-order valence-electron chi connectivity index (χ0n) is 14.0. The Morgan fingerprint density at radius 2 is 2.30 bits per heavy atom. The minimum absolute atomic E-state index is 0. The lowest BCUT2D eigenvalue weighted by atomic mass is 9.96. The Morgan fingerprint density at radius 3 is 2.83 bits per heavy atom. The van der Waals surface area contributed by atoms with Crippen molar-refractivity contribution in [2.45, 2.75) is 43.6 Å². The van der Waals surface area contributed by atoms with Crippen LogP contribution in [-0.4, -0.2) is 56.8 Å². The van der Waals surface area contributed by atoms with Crippen LogP contribution >= 0.6 is 35.3 Å². The molecule has 2 N–H and O–H groups in total. The monoisotopic (exact) mass is 450 g/mol. The van der Waals surface area contributed by atoms with E-state index in [0.717, 1.165) is 18.9 Å². The average molecular weight is 450 g/mol. The summed E-state index contributed by atoms with van der Waals surface area (Å²) >= 11 is 1.74. The van der Waals surface area contributed by atoms with E-state index < -0.39 is 0 Å². The van der Waals surface area contributed by atoms with Gasteiger partial charge in [0.05, 0.1) is 24.3 Å². The molecule has 7 heteroatoms. The van der Waals surface area contributed by atoms with Gasteiger partial charge in [-0.05, 0) is 55.7 Å². The summed E-state index contributed by atoms with van der Waals surface area (Å²) in [5, 5.41) is 11.4. The van der Waals surface area contributed by atoms with Crippen molar-refractivity contribution < 1.29 is 4.74 Å². The summed E-state index contributed by atoms with van der Waals surface area (Å²) in [5.74, 6) is 0.878. The second kappa shape index (κ2) is 8.64. The van der Waals surface area contributed by atoms with Crippen molar-refractivity contribution >= 4 is 41.3 Å². The maximum Gasteiger partial charge on any atom is 0.191 e. The molecule has 1 aromatic rings. The van der Waals surface area contributed by atoms with Crippen molar-refractivity contribution in [3.63, 3.8) is 0 Å². The van der Waals surface area contributed by atoms with E-state index in [1.165, 1.54) is 18.4 Å². The molecule has 0 radical (unpaired) electrons. The van der Waals surface area contributed by atoms with Crippen molar-refractivity contribution in [2.24, 2.45) is 4.99 Å². The lowest BCUT2D eigenvalue weighted by Gasteiger charge is -2.27. The highest BCUT2D eigenvalue weighted by Crippen LogP contribution is 2.34. The summed E-state index contributed by atoms with van der Waals surface area (Å²) in [4.78, 5) is 6.61. The molecular formula is C16H27IN4OS. The lowest BCUT2D eigenvalue weighted by Crippen LogP contribution is -2.49. The predicted octanol–water partition coefficient (Wildman–Crippen LogP) is 2.45. The third kappa shape index (κ3) is 4.58. The van der Waals surface area contributed by atoms with Crippen LogP contribution in [0.5, 0.6) is 0 Å².